The van der Waals surface area contributed by atoms with Crippen LogP contribution < -0.4 is 5.73 Å². The molecule has 0 bridgehead atoms. The van der Waals surface area contributed by atoms with Gasteiger partial charge in [0.2, 0.25) is 0 Å². The molecule has 1 aromatic carbocycles. The van der Waals surface area contributed by atoms with Gasteiger partial charge in [-0.1, -0.05) is 6.07 Å². The van der Waals surface area contributed by atoms with E-state index in [9.17, 15) is 9.18 Å². The smallest absolute Gasteiger partial charge is 0.251 e. The molecule has 2 N–H and O–H groups in total. The van der Waals surface area contributed by atoms with E-state index in [1.54, 1.807) is 0 Å². The van der Waals surface area contributed by atoms with Crippen molar-refractivity contribution in [2.24, 2.45) is 5.73 Å². The monoisotopic (exact) mass is 138 g/mol. The Morgan fingerprint density at radius 2 is 2.40 bits per heavy atom. The molecule has 1 amide bonds. The third-order valence-corrected chi connectivity index (χ3v) is 1.08. The van der Waals surface area contributed by atoms with Gasteiger partial charge in [0.15, 0.2) is 0 Å². The Balaban J connectivity index is 3.15. The van der Waals surface area contributed by atoms with Crippen LogP contribution in [0.3, 0.4) is 0 Å². The Morgan fingerprint density at radius 1 is 1.70 bits per heavy atom. The first-order valence-corrected chi connectivity index (χ1v) is 2.67. The zero-order valence-electron chi connectivity index (χ0n) is 5.10. The lowest BCUT2D eigenvalue weighted by Crippen LogP contribution is -2.12. The number of carbonyl (C=O) groups is 1. The molecule has 51 valence electrons. The number of halogens is 1. The lowest BCUT2D eigenvalue weighted by Gasteiger charge is -1.93. The van der Waals surface area contributed by atoms with Crippen LogP contribution in [-0.2, 0) is 0 Å². The van der Waals surface area contributed by atoms with Crippen LogP contribution >= 0.6 is 0 Å². The first-order valence-electron chi connectivity index (χ1n) is 2.67. The van der Waals surface area contributed by atoms with Crippen molar-refractivity contribution in [1.29, 1.82) is 0 Å². The van der Waals surface area contributed by atoms with Crippen molar-refractivity contribution in [2.75, 3.05) is 0 Å². The fourth-order valence-electron chi connectivity index (χ4n) is 0.600. The van der Waals surface area contributed by atoms with Gasteiger partial charge in [-0.25, -0.2) is 4.39 Å². The van der Waals surface area contributed by atoms with Crippen LogP contribution in [-0.4, -0.2) is 5.91 Å². The van der Waals surface area contributed by atoms with Gasteiger partial charge >= 0.3 is 0 Å². The number of rotatable bonds is 1. The highest BCUT2D eigenvalue weighted by molar-refractivity contribution is 5.92. The molecule has 0 aliphatic heterocycles. The molecule has 0 aliphatic rings. The fourth-order valence-corrected chi connectivity index (χ4v) is 0.600. The maximum Gasteiger partial charge on any atom is 0.251 e. The maximum atomic E-state index is 12.5. The average molecular weight is 138 g/mol. The van der Waals surface area contributed by atoms with Gasteiger partial charge < -0.3 is 5.73 Å². The Hall–Kier alpha value is -1.38. The highest BCUT2D eigenvalue weighted by Crippen LogP contribution is 2.03. The molecule has 0 aliphatic carbocycles. The molecule has 0 spiro atoms. The van der Waals surface area contributed by atoms with Gasteiger partial charge in [-0.15, -0.1) is 0 Å². The number of amides is 1. The molecular formula is C7H5FNO. The Morgan fingerprint density at radius 3 is 2.80 bits per heavy atom. The second-order valence-corrected chi connectivity index (χ2v) is 1.77. The number of primary amides is 1. The quantitative estimate of drug-likeness (QED) is 0.610. The van der Waals surface area contributed by atoms with Crippen molar-refractivity contribution < 1.29 is 9.18 Å². The number of hydrogen-bond donors (Lipinski definition) is 1. The second-order valence-electron chi connectivity index (χ2n) is 1.77. The summed E-state index contributed by atoms with van der Waals surface area (Å²) in [6.45, 7) is 0. The van der Waals surface area contributed by atoms with Crippen LogP contribution in [0.5, 0.6) is 0 Å². The molecule has 1 radical (unpaired) electrons. The summed E-state index contributed by atoms with van der Waals surface area (Å²) in [5, 5.41) is 0. The van der Waals surface area contributed by atoms with Gasteiger partial charge in [-0.3, -0.25) is 4.79 Å². The molecule has 1 rings (SSSR count). The van der Waals surface area contributed by atoms with Crippen LogP contribution in [0.4, 0.5) is 4.39 Å². The molecule has 0 atom stereocenters. The minimum absolute atomic E-state index is 0.123. The molecular weight excluding hydrogens is 133 g/mol. The van der Waals surface area contributed by atoms with E-state index in [1.807, 2.05) is 0 Å². The topological polar surface area (TPSA) is 43.1 Å². The second kappa shape index (κ2) is 2.47. The molecule has 1 aromatic rings. The van der Waals surface area contributed by atoms with Gasteiger partial charge in [0.05, 0.1) is 5.56 Å². The van der Waals surface area contributed by atoms with Crippen molar-refractivity contribution in [2.45, 2.75) is 0 Å². The third-order valence-electron chi connectivity index (χ3n) is 1.08. The van der Waals surface area contributed by atoms with Crippen molar-refractivity contribution in [3.05, 3.63) is 35.6 Å². The van der Waals surface area contributed by atoms with Crippen molar-refractivity contribution >= 4 is 5.91 Å². The molecule has 0 saturated heterocycles. The van der Waals surface area contributed by atoms with Gasteiger partial charge in [0.25, 0.3) is 5.91 Å². The zero-order valence-corrected chi connectivity index (χ0v) is 5.10. The summed E-state index contributed by atoms with van der Waals surface area (Å²) in [6.07, 6.45) is 0. The summed E-state index contributed by atoms with van der Waals surface area (Å²) in [6, 6.07) is 6.28. The van der Waals surface area contributed by atoms with Crippen LogP contribution in [0.25, 0.3) is 0 Å². The molecule has 0 fully saturated rings. The van der Waals surface area contributed by atoms with E-state index >= 15 is 0 Å². The van der Waals surface area contributed by atoms with Gasteiger partial charge in [-0.2, -0.15) is 0 Å². The van der Waals surface area contributed by atoms with Crippen molar-refractivity contribution in [1.82, 2.24) is 0 Å². The van der Waals surface area contributed by atoms with E-state index in [1.165, 1.54) is 12.1 Å². The Bertz CT molecular complexity index is 260. The van der Waals surface area contributed by atoms with E-state index in [2.05, 4.69) is 6.07 Å². The van der Waals surface area contributed by atoms with Crippen LogP contribution in [0.2, 0.25) is 0 Å². The van der Waals surface area contributed by atoms with E-state index in [0.29, 0.717) is 0 Å². The number of carbonyl (C=O) groups excluding carboxylic acids is 1. The van der Waals surface area contributed by atoms with Crippen LogP contribution in [0, 0.1) is 11.9 Å². The highest BCUT2D eigenvalue weighted by atomic mass is 19.1. The average Bonchev–Trinajstić information content (AvgIpc) is 1.88. The van der Waals surface area contributed by atoms with Crippen molar-refractivity contribution in [3.8, 4) is 0 Å². The van der Waals surface area contributed by atoms with E-state index < -0.39 is 11.7 Å². The largest absolute Gasteiger partial charge is 0.366 e. The lowest BCUT2D eigenvalue weighted by atomic mass is 10.2. The van der Waals surface area contributed by atoms with Crippen LogP contribution in [0.1, 0.15) is 10.4 Å². The predicted octanol–water partition coefficient (Wildman–Crippen LogP) is 0.725. The SMILES string of the molecule is NC(=O)c1c[c]ccc1F. The predicted molar refractivity (Wildman–Crippen MR) is 33.8 cm³/mol. The molecule has 3 heteroatoms. The number of nitrogens with two attached hydrogens (primary N) is 1. The molecule has 0 saturated carbocycles. The first-order chi connectivity index (χ1) is 4.72. The lowest BCUT2D eigenvalue weighted by molar-refractivity contribution is 0.0996. The van der Waals surface area contributed by atoms with Gasteiger partial charge in [-0.05, 0) is 18.2 Å². The summed E-state index contributed by atoms with van der Waals surface area (Å²) < 4.78 is 12.5. The third kappa shape index (κ3) is 1.13. The van der Waals surface area contributed by atoms with Crippen LogP contribution in [0.15, 0.2) is 18.2 Å². The normalized spacial score (nSPS) is 9.30. The number of benzene rings is 1. The zero-order chi connectivity index (χ0) is 7.56. The fraction of sp³-hybridized carbons (Fsp3) is 0. The molecule has 2 nitrogen and oxygen atoms in total. The van der Waals surface area contributed by atoms with E-state index in [-0.39, 0.29) is 5.56 Å². The molecule has 0 aromatic heterocycles. The molecule has 0 unspecified atom stereocenters. The first kappa shape index (κ1) is 6.74. The van der Waals surface area contributed by atoms with E-state index in [4.69, 9.17) is 5.73 Å². The number of hydrogen-bond acceptors (Lipinski definition) is 1. The summed E-state index contributed by atoms with van der Waals surface area (Å²) in [5.74, 6) is -1.37. The van der Waals surface area contributed by atoms with Gasteiger partial charge in [0, 0.05) is 0 Å². The Labute approximate surface area is 57.5 Å². The van der Waals surface area contributed by atoms with E-state index in [0.717, 1.165) is 6.07 Å². The Kier molecular flexibility index (Phi) is 1.67. The molecule has 10 heavy (non-hydrogen) atoms. The summed E-state index contributed by atoms with van der Waals surface area (Å²) in [4.78, 5) is 10.4. The minimum atomic E-state index is -0.769. The maximum absolute atomic E-state index is 12.5. The summed E-state index contributed by atoms with van der Waals surface area (Å²) >= 11 is 0. The standard InChI is InChI=1S/C7H5FNO/c8-6-4-2-1-3-5(6)7(9)10/h2-4H,(H2,9,10). The summed E-state index contributed by atoms with van der Waals surface area (Å²) in [7, 11) is 0. The minimum Gasteiger partial charge on any atom is -0.366 e. The highest BCUT2D eigenvalue weighted by Gasteiger charge is 2.04. The molecule has 0 heterocycles. The van der Waals surface area contributed by atoms with Crippen molar-refractivity contribution in [3.63, 3.8) is 0 Å². The van der Waals surface area contributed by atoms with Gasteiger partial charge in [0.1, 0.15) is 5.82 Å². The summed E-state index contributed by atoms with van der Waals surface area (Å²) in [5.41, 5.74) is 4.69.